The first kappa shape index (κ1) is 20.2. The van der Waals surface area contributed by atoms with Crippen molar-refractivity contribution in [1.82, 2.24) is 0 Å². The number of hydrogen-bond donors (Lipinski definition) is 0. The minimum absolute atomic E-state index is 0.130. The van der Waals surface area contributed by atoms with E-state index in [9.17, 15) is 18.0 Å². The zero-order valence-electron chi connectivity index (χ0n) is 14.7. The fraction of sp³-hybridized carbons (Fsp3) is 0.450. The van der Waals surface area contributed by atoms with Gasteiger partial charge in [0.05, 0.1) is 5.57 Å². The van der Waals surface area contributed by atoms with Gasteiger partial charge < -0.3 is 0 Å². The lowest BCUT2D eigenvalue weighted by atomic mass is 9.72. The van der Waals surface area contributed by atoms with E-state index in [0.29, 0.717) is 6.08 Å². The van der Waals surface area contributed by atoms with Crippen LogP contribution >= 0.6 is 0 Å². The van der Waals surface area contributed by atoms with Crippen LogP contribution in [0.3, 0.4) is 0 Å². The Morgan fingerprint density at radius 2 is 1.83 bits per heavy atom. The van der Waals surface area contributed by atoms with E-state index in [2.05, 4.69) is 26.8 Å². The molecule has 0 bridgehead atoms. The Bertz CT molecular complexity index is 611. The van der Waals surface area contributed by atoms with Crippen molar-refractivity contribution in [2.24, 2.45) is 5.41 Å². The summed E-state index contributed by atoms with van der Waals surface area (Å²) in [4.78, 5) is 10.3. The molecule has 0 atom stereocenters. The topological polar surface area (TPSA) is 17.1 Å². The molecule has 0 amide bonds. The van der Waals surface area contributed by atoms with Crippen LogP contribution in [0.5, 0.6) is 0 Å². The fourth-order valence-corrected chi connectivity index (χ4v) is 2.90. The molecule has 0 N–H and O–H groups in total. The van der Waals surface area contributed by atoms with E-state index in [1.807, 2.05) is 13.0 Å². The number of carbonyl (C=O) groups is 1. The summed E-state index contributed by atoms with van der Waals surface area (Å²) in [6, 6.07) is 0. The zero-order valence-corrected chi connectivity index (χ0v) is 14.7. The van der Waals surface area contributed by atoms with Gasteiger partial charge in [-0.1, -0.05) is 49.3 Å². The monoisotopic (exact) mass is 338 g/mol. The van der Waals surface area contributed by atoms with Gasteiger partial charge in [-0.25, -0.2) is 0 Å². The number of alkyl halides is 3. The largest absolute Gasteiger partial charge is 0.416 e. The third-order valence-electron chi connectivity index (χ3n) is 4.27. The maximum absolute atomic E-state index is 12.6. The molecule has 0 aliphatic heterocycles. The molecule has 24 heavy (non-hydrogen) atoms. The van der Waals surface area contributed by atoms with Crippen LogP contribution in [0.4, 0.5) is 13.2 Å². The predicted octanol–water partition coefficient (Wildman–Crippen LogP) is 6.26. The first-order valence-corrected chi connectivity index (χ1v) is 8.04. The Hall–Kier alpha value is -1.84. The van der Waals surface area contributed by atoms with Crippen LogP contribution in [-0.2, 0) is 4.79 Å². The number of rotatable bonds is 5. The summed E-state index contributed by atoms with van der Waals surface area (Å²) >= 11 is 0. The molecule has 0 spiro atoms. The van der Waals surface area contributed by atoms with Gasteiger partial charge in [-0.05, 0) is 56.3 Å². The van der Waals surface area contributed by atoms with Gasteiger partial charge in [0.2, 0.25) is 0 Å². The van der Waals surface area contributed by atoms with Crippen LogP contribution in [0.25, 0.3) is 0 Å². The molecule has 4 heteroatoms. The normalized spacial score (nSPS) is 20.3. The molecule has 1 aliphatic rings. The molecular formula is C20H25F3O. The van der Waals surface area contributed by atoms with Crippen LogP contribution in [-0.4, -0.2) is 12.5 Å². The molecule has 0 saturated carbocycles. The van der Waals surface area contributed by atoms with Crippen molar-refractivity contribution in [1.29, 1.82) is 0 Å². The molecule has 1 nitrogen and oxygen atoms in total. The van der Waals surface area contributed by atoms with Crippen molar-refractivity contribution in [3.63, 3.8) is 0 Å². The molecule has 0 aromatic carbocycles. The lowest BCUT2D eigenvalue weighted by Gasteiger charge is -2.32. The number of halogens is 3. The van der Waals surface area contributed by atoms with Gasteiger partial charge in [-0.2, -0.15) is 13.2 Å². The molecule has 0 aromatic rings. The molecule has 0 fully saturated rings. The van der Waals surface area contributed by atoms with Crippen molar-refractivity contribution in [2.45, 2.75) is 53.1 Å². The van der Waals surface area contributed by atoms with Crippen LogP contribution in [0, 0.1) is 5.41 Å². The highest BCUT2D eigenvalue weighted by Gasteiger charge is 2.31. The standard InChI is InChI=1S/C20H25F3O/c1-15(7-5-9-17(12-14-24)20(21,22)23)10-11-18-16(2)8-6-13-19(18,3)4/h5,7,9-12,14H,6,8,13H2,1-4H3/b9-5-,11-10?,15-7?,17-12-. The third-order valence-corrected chi connectivity index (χ3v) is 4.27. The van der Waals surface area contributed by atoms with Crippen molar-refractivity contribution >= 4 is 6.29 Å². The van der Waals surface area contributed by atoms with Gasteiger partial charge in [0, 0.05) is 0 Å². The van der Waals surface area contributed by atoms with Gasteiger partial charge in [-0.15, -0.1) is 0 Å². The van der Waals surface area contributed by atoms with Crippen molar-refractivity contribution in [3.05, 3.63) is 58.7 Å². The van der Waals surface area contributed by atoms with E-state index in [4.69, 9.17) is 0 Å². The summed E-state index contributed by atoms with van der Waals surface area (Å²) in [6.07, 6.45) is 7.38. The summed E-state index contributed by atoms with van der Waals surface area (Å²) in [5.74, 6) is 0. The SMILES string of the molecule is CC(C=CC1=C(C)CCCC1(C)C)=C/C=C\C(=C\C=O)C(F)(F)F. The Morgan fingerprint density at radius 3 is 2.38 bits per heavy atom. The molecule has 0 radical (unpaired) electrons. The van der Waals surface area contributed by atoms with Crippen LogP contribution in [0.15, 0.2) is 58.7 Å². The lowest BCUT2D eigenvalue weighted by molar-refractivity contribution is -0.106. The second-order valence-corrected chi connectivity index (χ2v) is 6.79. The number of allylic oxidation sites excluding steroid dienone is 10. The molecule has 1 rings (SSSR count). The first-order chi connectivity index (χ1) is 11.1. The zero-order chi connectivity index (χ0) is 18.4. The summed E-state index contributed by atoms with van der Waals surface area (Å²) in [7, 11) is 0. The van der Waals surface area contributed by atoms with Crippen LogP contribution in [0.1, 0.15) is 47.0 Å². The molecule has 0 unspecified atom stereocenters. The highest BCUT2D eigenvalue weighted by atomic mass is 19.4. The molecule has 0 aromatic heterocycles. The number of hydrogen-bond acceptors (Lipinski definition) is 1. The van der Waals surface area contributed by atoms with E-state index in [-0.39, 0.29) is 11.7 Å². The molecule has 132 valence electrons. The molecule has 1 aliphatic carbocycles. The van der Waals surface area contributed by atoms with Crippen molar-refractivity contribution < 1.29 is 18.0 Å². The van der Waals surface area contributed by atoms with E-state index >= 15 is 0 Å². The average Bonchev–Trinajstić information content (AvgIpc) is 2.44. The smallest absolute Gasteiger partial charge is 0.299 e. The van der Waals surface area contributed by atoms with Crippen molar-refractivity contribution in [2.75, 3.05) is 0 Å². The summed E-state index contributed by atoms with van der Waals surface area (Å²) in [5.41, 5.74) is 2.70. The van der Waals surface area contributed by atoms with Crippen LogP contribution < -0.4 is 0 Å². The molecule has 0 saturated heterocycles. The number of carbonyl (C=O) groups excluding carboxylic acids is 1. The van der Waals surface area contributed by atoms with Gasteiger partial charge in [0.1, 0.15) is 6.29 Å². The fourth-order valence-electron chi connectivity index (χ4n) is 2.90. The van der Waals surface area contributed by atoms with Gasteiger partial charge in [-0.3, -0.25) is 4.79 Å². The first-order valence-electron chi connectivity index (χ1n) is 8.04. The van der Waals surface area contributed by atoms with Crippen molar-refractivity contribution in [3.8, 4) is 0 Å². The number of aldehydes is 1. The summed E-state index contributed by atoms with van der Waals surface area (Å²) in [6.45, 7) is 8.41. The maximum atomic E-state index is 12.6. The molecular weight excluding hydrogens is 313 g/mol. The highest BCUT2D eigenvalue weighted by Crippen LogP contribution is 2.40. The lowest BCUT2D eigenvalue weighted by Crippen LogP contribution is -2.19. The average molecular weight is 338 g/mol. The second-order valence-electron chi connectivity index (χ2n) is 6.79. The minimum Gasteiger partial charge on any atom is -0.299 e. The molecule has 0 heterocycles. The van der Waals surface area contributed by atoms with Gasteiger partial charge in [0.15, 0.2) is 0 Å². The quantitative estimate of drug-likeness (QED) is 0.328. The third kappa shape index (κ3) is 5.99. The van der Waals surface area contributed by atoms with E-state index < -0.39 is 11.7 Å². The minimum atomic E-state index is -4.52. The second kappa shape index (κ2) is 8.32. The highest BCUT2D eigenvalue weighted by molar-refractivity contribution is 5.67. The predicted molar refractivity (Wildman–Crippen MR) is 92.6 cm³/mol. The van der Waals surface area contributed by atoms with Gasteiger partial charge >= 0.3 is 6.18 Å². The van der Waals surface area contributed by atoms with E-state index in [0.717, 1.165) is 24.5 Å². The maximum Gasteiger partial charge on any atom is 0.416 e. The Labute approximate surface area is 142 Å². The summed E-state index contributed by atoms with van der Waals surface area (Å²) < 4.78 is 37.9. The Morgan fingerprint density at radius 1 is 1.17 bits per heavy atom. The van der Waals surface area contributed by atoms with E-state index in [1.165, 1.54) is 23.6 Å². The van der Waals surface area contributed by atoms with E-state index in [1.54, 1.807) is 6.08 Å². The Kier molecular flexibility index (Phi) is 7.00. The van der Waals surface area contributed by atoms with Gasteiger partial charge in [0.25, 0.3) is 0 Å². The Balaban J connectivity index is 2.89. The summed E-state index contributed by atoms with van der Waals surface area (Å²) in [5, 5.41) is 0. The van der Waals surface area contributed by atoms with Crippen LogP contribution in [0.2, 0.25) is 0 Å².